The molecule has 0 atom stereocenters. The molecule has 6 nitrogen and oxygen atoms in total. The van der Waals surface area contributed by atoms with Crippen LogP contribution in [0.5, 0.6) is 0 Å². The highest BCUT2D eigenvalue weighted by molar-refractivity contribution is 7.88. The van der Waals surface area contributed by atoms with Crippen molar-refractivity contribution >= 4 is 16.0 Å². The van der Waals surface area contributed by atoms with Crippen molar-refractivity contribution in [1.82, 2.24) is 15.4 Å². The van der Waals surface area contributed by atoms with Crippen LogP contribution in [-0.2, 0) is 22.3 Å². The Bertz CT molecular complexity index is 650. The Morgan fingerprint density at radius 3 is 2.36 bits per heavy atom. The average molecular weight is 367 g/mol. The van der Waals surface area contributed by atoms with E-state index in [1.54, 1.807) is 0 Å². The molecule has 7 heteroatoms. The van der Waals surface area contributed by atoms with Crippen molar-refractivity contribution in [2.75, 3.05) is 13.6 Å². The monoisotopic (exact) mass is 366 g/mol. The first kappa shape index (κ1) is 19.7. The SMILES string of the molecule is CCNC(=NCc1ccc(CS(=O)(=O)NC)cc1)NC1CCCCC1. The molecular formula is C18H30N4O2S. The maximum Gasteiger partial charge on any atom is 0.215 e. The lowest BCUT2D eigenvalue weighted by atomic mass is 9.96. The van der Waals surface area contributed by atoms with Crippen LogP contribution in [0, 0.1) is 0 Å². The van der Waals surface area contributed by atoms with Crippen LogP contribution >= 0.6 is 0 Å². The molecule has 0 aromatic heterocycles. The van der Waals surface area contributed by atoms with Crippen molar-refractivity contribution in [3.05, 3.63) is 35.4 Å². The number of rotatable bonds is 7. The topological polar surface area (TPSA) is 82.6 Å². The Labute approximate surface area is 151 Å². The minimum atomic E-state index is -3.23. The van der Waals surface area contributed by atoms with E-state index in [0.29, 0.717) is 12.6 Å². The molecule has 1 saturated carbocycles. The molecule has 0 unspecified atom stereocenters. The van der Waals surface area contributed by atoms with Crippen molar-refractivity contribution in [2.24, 2.45) is 4.99 Å². The van der Waals surface area contributed by atoms with Gasteiger partial charge in [0.15, 0.2) is 5.96 Å². The highest BCUT2D eigenvalue weighted by atomic mass is 32.2. The summed E-state index contributed by atoms with van der Waals surface area (Å²) in [5.74, 6) is 0.857. The average Bonchev–Trinajstić information content (AvgIpc) is 2.62. The lowest BCUT2D eigenvalue weighted by molar-refractivity contribution is 0.410. The number of aliphatic imine (C=N–C) groups is 1. The summed E-state index contributed by atoms with van der Waals surface area (Å²) in [4.78, 5) is 4.66. The maximum absolute atomic E-state index is 11.6. The standard InChI is InChI=1S/C18H30N4O2S/c1-3-20-18(22-17-7-5-4-6-8-17)21-13-15-9-11-16(12-10-15)14-25(23,24)19-2/h9-12,17,19H,3-8,13-14H2,1-2H3,(H2,20,21,22). The van der Waals surface area contributed by atoms with Crippen LogP contribution in [0.4, 0.5) is 0 Å². The Balaban J connectivity index is 1.94. The number of hydrogen-bond donors (Lipinski definition) is 3. The largest absolute Gasteiger partial charge is 0.357 e. The second kappa shape index (κ2) is 9.77. The second-order valence-electron chi connectivity index (χ2n) is 6.45. The second-order valence-corrected chi connectivity index (χ2v) is 8.38. The van der Waals surface area contributed by atoms with Crippen LogP contribution in [0.2, 0.25) is 0 Å². The fraction of sp³-hybridized carbons (Fsp3) is 0.611. The Morgan fingerprint density at radius 2 is 1.76 bits per heavy atom. The fourth-order valence-corrected chi connectivity index (χ4v) is 3.74. The van der Waals surface area contributed by atoms with Crippen molar-refractivity contribution in [3.8, 4) is 0 Å². The summed E-state index contributed by atoms with van der Waals surface area (Å²) in [7, 11) is -1.80. The van der Waals surface area contributed by atoms with E-state index < -0.39 is 10.0 Å². The molecule has 2 rings (SSSR count). The maximum atomic E-state index is 11.6. The highest BCUT2D eigenvalue weighted by Gasteiger charge is 2.14. The fourth-order valence-electron chi connectivity index (χ4n) is 2.96. The van der Waals surface area contributed by atoms with Gasteiger partial charge >= 0.3 is 0 Å². The molecule has 0 spiro atoms. The zero-order chi connectivity index (χ0) is 18.1. The number of benzene rings is 1. The summed E-state index contributed by atoms with van der Waals surface area (Å²) < 4.78 is 25.5. The van der Waals surface area contributed by atoms with E-state index >= 15 is 0 Å². The third-order valence-corrected chi connectivity index (χ3v) is 5.74. The van der Waals surface area contributed by atoms with Crippen LogP contribution in [0.25, 0.3) is 0 Å². The number of guanidine groups is 1. The molecule has 1 aliphatic carbocycles. The molecular weight excluding hydrogens is 336 g/mol. The zero-order valence-corrected chi connectivity index (χ0v) is 16.0. The van der Waals surface area contributed by atoms with Gasteiger partial charge in [-0.2, -0.15) is 0 Å². The normalized spacial score (nSPS) is 16.6. The van der Waals surface area contributed by atoms with E-state index in [9.17, 15) is 8.42 Å². The molecule has 0 saturated heterocycles. The van der Waals surface area contributed by atoms with Crippen molar-refractivity contribution in [2.45, 2.75) is 57.4 Å². The quantitative estimate of drug-likeness (QED) is 0.510. The van der Waals surface area contributed by atoms with Crippen molar-refractivity contribution < 1.29 is 8.42 Å². The molecule has 0 heterocycles. The van der Waals surface area contributed by atoms with Gasteiger partial charge in [-0.25, -0.2) is 18.1 Å². The summed E-state index contributed by atoms with van der Waals surface area (Å²) in [5.41, 5.74) is 1.83. The Kier molecular flexibility index (Phi) is 7.71. The number of hydrogen-bond acceptors (Lipinski definition) is 3. The number of sulfonamides is 1. The van der Waals surface area contributed by atoms with E-state index in [-0.39, 0.29) is 5.75 Å². The number of nitrogens with one attached hydrogen (secondary N) is 3. The van der Waals surface area contributed by atoms with E-state index in [4.69, 9.17) is 0 Å². The van der Waals surface area contributed by atoms with Gasteiger partial charge in [0.25, 0.3) is 0 Å². The summed E-state index contributed by atoms with van der Waals surface area (Å²) in [5, 5.41) is 6.83. The van der Waals surface area contributed by atoms with Crippen LogP contribution in [-0.4, -0.2) is 34.0 Å². The van der Waals surface area contributed by atoms with Crippen LogP contribution in [0.15, 0.2) is 29.3 Å². The molecule has 1 aromatic rings. The molecule has 0 bridgehead atoms. The van der Waals surface area contributed by atoms with Gasteiger partial charge in [-0.1, -0.05) is 43.5 Å². The molecule has 25 heavy (non-hydrogen) atoms. The first-order valence-electron chi connectivity index (χ1n) is 9.06. The summed E-state index contributed by atoms with van der Waals surface area (Å²) >= 11 is 0. The number of nitrogens with zero attached hydrogens (tertiary/aromatic N) is 1. The zero-order valence-electron chi connectivity index (χ0n) is 15.2. The van der Waals surface area contributed by atoms with E-state index in [1.807, 2.05) is 24.3 Å². The van der Waals surface area contributed by atoms with Gasteiger partial charge in [-0.05, 0) is 37.9 Å². The third-order valence-electron chi connectivity index (χ3n) is 4.40. The molecule has 140 valence electrons. The van der Waals surface area contributed by atoms with Crippen molar-refractivity contribution in [3.63, 3.8) is 0 Å². The van der Waals surface area contributed by atoms with Gasteiger partial charge < -0.3 is 10.6 Å². The van der Waals surface area contributed by atoms with E-state index in [2.05, 4.69) is 27.3 Å². The molecule has 0 radical (unpaired) electrons. The molecule has 1 aromatic carbocycles. The smallest absolute Gasteiger partial charge is 0.215 e. The van der Waals surface area contributed by atoms with Crippen LogP contribution in [0.1, 0.15) is 50.2 Å². The van der Waals surface area contributed by atoms with Crippen molar-refractivity contribution in [1.29, 1.82) is 0 Å². The van der Waals surface area contributed by atoms with Gasteiger partial charge in [-0.3, -0.25) is 0 Å². The Hall–Kier alpha value is -1.60. The summed E-state index contributed by atoms with van der Waals surface area (Å²) in [6, 6.07) is 8.09. The lowest BCUT2D eigenvalue weighted by Crippen LogP contribution is -2.44. The molecule has 0 amide bonds. The predicted molar refractivity (Wildman–Crippen MR) is 103 cm³/mol. The summed E-state index contributed by atoms with van der Waals surface area (Å²) in [6.07, 6.45) is 6.32. The van der Waals surface area contributed by atoms with Crippen LogP contribution in [0.3, 0.4) is 0 Å². The molecule has 3 N–H and O–H groups in total. The summed E-state index contributed by atoms with van der Waals surface area (Å²) in [6.45, 7) is 3.47. The van der Waals surface area contributed by atoms with E-state index in [1.165, 1.54) is 39.2 Å². The first-order valence-corrected chi connectivity index (χ1v) is 10.7. The van der Waals surface area contributed by atoms with Gasteiger partial charge in [0.2, 0.25) is 10.0 Å². The van der Waals surface area contributed by atoms with Crippen LogP contribution < -0.4 is 15.4 Å². The van der Waals surface area contributed by atoms with E-state index in [0.717, 1.165) is 23.6 Å². The minimum absolute atomic E-state index is 0.00107. The van der Waals surface area contributed by atoms with Gasteiger partial charge in [-0.15, -0.1) is 0 Å². The molecule has 1 fully saturated rings. The molecule has 0 aliphatic heterocycles. The van der Waals surface area contributed by atoms with Gasteiger partial charge in [0.05, 0.1) is 12.3 Å². The van der Waals surface area contributed by atoms with Gasteiger partial charge in [0, 0.05) is 12.6 Å². The minimum Gasteiger partial charge on any atom is -0.357 e. The van der Waals surface area contributed by atoms with Gasteiger partial charge in [0.1, 0.15) is 0 Å². The third kappa shape index (κ3) is 7.04. The lowest BCUT2D eigenvalue weighted by Gasteiger charge is -2.24. The predicted octanol–water partition coefficient (Wildman–Crippen LogP) is 2.12. The first-order chi connectivity index (χ1) is 12.0. The Morgan fingerprint density at radius 1 is 1.12 bits per heavy atom. The molecule has 1 aliphatic rings. The highest BCUT2D eigenvalue weighted by Crippen LogP contribution is 2.17.